The molecule has 40 heavy (non-hydrogen) atoms. The quantitative estimate of drug-likeness (QED) is 0.165. The first kappa shape index (κ1) is 27.3. The van der Waals surface area contributed by atoms with Crippen LogP contribution in [0.15, 0.2) is 78.0 Å². The summed E-state index contributed by atoms with van der Waals surface area (Å²) >= 11 is 0. The third-order valence-electron chi connectivity index (χ3n) is 6.99. The lowest BCUT2D eigenvalue weighted by Crippen LogP contribution is -2.27. The fourth-order valence-electron chi connectivity index (χ4n) is 4.93. The number of anilines is 2. The molecule has 206 valence electrons. The SMILES string of the molecule is C=NNc1nc(C2CCNCC2)nc(-c2ccnc(N[C@@H](C)c3ccccc3)c2)c1-c1cccc(C(F)(F)F)c1. The summed E-state index contributed by atoms with van der Waals surface area (Å²) < 4.78 is 41.0. The minimum atomic E-state index is -4.50. The molecule has 3 heterocycles. The Kier molecular flexibility index (Phi) is 8.06. The van der Waals surface area contributed by atoms with Crippen LogP contribution in [-0.4, -0.2) is 34.8 Å². The Hall–Kier alpha value is -4.31. The average Bonchev–Trinajstić information content (AvgIpc) is 2.97. The summed E-state index contributed by atoms with van der Waals surface area (Å²) in [6.45, 7) is 7.24. The van der Waals surface area contributed by atoms with E-state index in [9.17, 15) is 13.2 Å². The number of alkyl halides is 3. The molecular formula is C30H30F3N7. The number of halogens is 3. The maximum atomic E-state index is 13.7. The lowest BCUT2D eigenvalue weighted by Gasteiger charge is -2.24. The highest BCUT2D eigenvalue weighted by molar-refractivity contribution is 5.89. The second kappa shape index (κ2) is 11.8. The van der Waals surface area contributed by atoms with Gasteiger partial charge in [0.15, 0.2) is 5.82 Å². The first-order valence-electron chi connectivity index (χ1n) is 13.1. The van der Waals surface area contributed by atoms with Crippen LogP contribution in [0.25, 0.3) is 22.4 Å². The minimum Gasteiger partial charge on any atom is -0.364 e. The maximum Gasteiger partial charge on any atom is 0.416 e. The maximum absolute atomic E-state index is 13.7. The first-order chi connectivity index (χ1) is 19.3. The van der Waals surface area contributed by atoms with E-state index < -0.39 is 11.7 Å². The van der Waals surface area contributed by atoms with Gasteiger partial charge >= 0.3 is 6.18 Å². The van der Waals surface area contributed by atoms with E-state index in [-0.39, 0.29) is 12.0 Å². The molecule has 1 saturated heterocycles. The highest BCUT2D eigenvalue weighted by Gasteiger charge is 2.31. The van der Waals surface area contributed by atoms with E-state index in [1.807, 2.05) is 43.3 Å². The zero-order valence-electron chi connectivity index (χ0n) is 22.0. The Labute approximate surface area is 231 Å². The van der Waals surface area contributed by atoms with Crippen LogP contribution < -0.4 is 16.1 Å². The molecule has 0 radical (unpaired) electrons. The number of aromatic nitrogens is 3. The van der Waals surface area contributed by atoms with E-state index in [0.29, 0.717) is 39.8 Å². The number of nitrogens with one attached hydrogen (secondary N) is 3. The third-order valence-corrected chi connectivity index (χ3v) is 6.99. The molecule has 3 N–H and O–H groups in total. The van der Waals surface area contributed by atoms with Gasteiger partial charge in [0.05, 0.1) is 16.8 Å². The number of nitrogens with zero attached hydrogens (tertiary/aromatic N) is 4. The number of hydrogen-bond donors (Lipinski definition) is 3. The van der Waals surface area contributed by atoms with Crippen LogP contribution >= 0.6 is 0 Å². The number of pyridine rings is 1. The summed E-state index contributed by atoms with van der Waals surface area (Å²) in [6.07, 6.45) is -1.14. The van der Waals surface area contributed by atoms with E-state index >= 15 is 0 Å². The number of rotatable bonds is 8. The summed E-state index contributed by atoms with van der Waals surface area (Å²) in [5.74, 6) is 1.62. The molecular weight excluding hydrogens is 515 g/mol. The van der Waals surface area contributed by atoms with Crippen LogP contribution in [0.3, 0.4) is 0 Å². The monoisotopic (exact) mass is 545 g/mol. The molecule has 1 atom stereocenters. The Morgan fingerprint density at radius 3 is 2.48 bits per heavy atom. The van der Waals surface area contributed by atoms with Gasteiger partial charge in [-0.3, -0.25) is 5.43 Å². The Bertz CT molecular complexity index is 1470. The van der Waals surface area contributed by atoms with Crippen LogP contribution in [0.2, 0.25) is 0 Å². The second-order valence-corrected chi connectivity index (χ2v) is 9.73. The molecule has 0 spiro atoms. The van der Waals surface area contributed by atoms with Gasteiger partial charge in [-0.1, -0.05) is 42.5 Å². The zero-order chi connectivity index (χ0) is 28.1. The van der Waals surface area contributed by atoms with Gasteiger partial charge in [0.1, 0.15) is 11.6 Å². The molecule has 2 aromatic heterocycles. The highest BCUT2D eigenvalue weighted by Crippen LogP contribution is 2.40. The second-order valence-electron chi connectivity index (χ2n) is 9.73. The van der Waals surface area contributed by atoms with Crippen LogP contribution in [0.4, 0.5) is 24.8 Å². The van der Waals surface area contributed by atoms with Crippen LogP contribution in [-0.2, 0) is 6.18 Å². The van der Waals surface area contributed by atoms with E-state index in [0.717, 1.165) is 43.6 Å². The minimum absolute atomic E-state index is 0.0234. The van der Waals surface area contributed by atoms with Crippen molar-refractivity contribution in [3.05, 3.63) is 89.9 Å². The molecule has 0 saturated carbocycles. The van der Waals surface area contributed by atoms with Gasteiger partial charge < -0.3 is 10.6 Å². The van der Waals surface area contributed by atoms with Crippen LogP contribution in [0, 0.1) is 0 Å². The lowest BCUT2D eigenvalue weighted by molar-refractivity contribution is -0.137. The number of piperidine rings is 1. The standard InChI is InChI=1S/C30H30F3N7/c1-19(20-7-4-3-5-8-20)37-25-18-23(13-16-36-25)27-26(22-9-6-10-24(17-22)30(31,32)33)29(40-34-2)39-28(38-27)21-11-14-35-15-12-21/h3-10,13,16-19,21,35H,2,11-12,14-15H2,1H3,(H,36,37)(H,38,39,40)/t19-/m0/s1. The Balaban J connectivity index is 1.65. The zero-order valence-corrected chi connectivity index (χ0v) is 22.0. The van der Waals surface area contributed by atoms with Crippen molar-refractivity contribution >= 4 is 18.4 Å². The van der Waals surface area contributed by atoms with Crippen molar-refractivity contribution in [2.45, 2.75) is 37.9 Å². The summed E-state index contributed by atoms with van der Waals surface area (Å²) in [5, 5.41) is 10.6. The van der Waals surface area contributed by atoms with Gasteiger partial charge in [-0.15, -0.1) is 0 Å². The van der Waals surface area contributed by atoms with Crippen molar-refractivity contribution in [2.75, 3.05) is 23.8 Å². The Morgan fingerprint density at radius 2 is 1.75 bits per heavy atom. The number of hydrazone groups is 1. The van der Waals surface area contributed by atoms with Crippen molar-refractivity contribution in [2.24, 2.45) is 5.10 Å². The summed E-state index contributed by atoms with van der Waals surface area (Å²) in [7, 11) is 0. The molecule has 1 fully saturated rings. The molecule has 4 aromatic rings. The third kappa shape index (κ3) is 6.12. The summed E-state index contributed by atoms with van der Waals surface area (Å²) in [4.78, 5) is 14.2. The van der Waals surface area contributed by atoms with Gasteiger partial charge in [-0.2, -0.15) is 18.3 Å². The van der Waals surface area contributed by atoms with Gasteiger partial charge in [0, 0.05) is 30.4 Å². The summed E-state index contributed by atoms with van der Waals surface area (Å²) in [5.41, 5.74) is 5.07. The molecule has 0 aliphatic carbocycles. The van der Waals surface area contributed by atoms with Crippen molar-refractivity contribution in [3.8, 4) is 22.4 Å². The predicted molar refractivity (Wildman–Crippen MR) is 152 cm³/mol. The van der Waals surface area contributed by atoms with Crippen LogP contribution in [0.1, 0.15) is 48.7 Å². The normalized spacial score (nSPS) is 14.9. The molecule has 0 amide bonds. The summed E-state index contributed by atoms with van der Waals surface area (Å²) in [6, 6.07) is 18.8. The predicted octanol–water partition coefficient (Wildman–Crippen LogP) is 6.89. The van der Waals surface area contributed by atoms with Crippen molar-refractivity contribution in [3.63, 3.8) is 0 Å². The van der Waals surface area contributed by atoms with E-state index in [4.69, 9.17) is 9.97 Å². The van der Waals surface area contributed by atoms with Gasteiger partial charge in [0.2, 0.25) is 0 Å². The highest BCUT2D eigenvalue weighted by atomic mass is 19.4. The average molecular weight is 546 g/mol. The molecule has 7 nitrogen and oxygen atoms in total. The van der Waals surface area contributed by atoms with Gasteiger partial charge in [-0.05, 0) is 68.2 Å². The molecule has 2 aromatic carbocycles. The first-order valence-corrected chi connectivity index (χ1v) is 13.1. The van der Waals surface area contributed by atoms with Crippen molar-refractivity contribution in [1.82, 2.24) is 20.3 Å². The lowest BCUT2D eigenvalue weighted by atomic mass is 9.94. The smallest absolute Gasteiger partial charge is 0.364 e. The van der Waals surface area contributed by atoms with E-state index in [2.05, 4.69) is 32.9 Å². The fraction of sp³-hybridized carbons (Fsp3) is 0.267. The Morgan fingerprint density at radius 1 is 0.975 bits per heavy atom. The topological polar surface area (TPSA) is 87.1 Å². The number of hydrogen-bond acceptors (Lipinski definition) is 7. The van der Waals surface area contributed by atoms with E-state index in [1.165, 1.54) is 6.07 Å². The van der Waals surface area contributed by atoms with Crippen molar-refractivity contribution in [1.29, 1.82) is 0 Å². The van der Waals surface area contributed by atoms with E-state index in [1.54, 1.807) is 18.3 Å². The largest absolute Gasteiger partial charge is 0.416 e. The van der Waals surface area contributed by atoms with Gasteiger partial charge in [0.25, 0.3) is 0 Å². The fourth-order valence-corrected chi connectivity index (χ4v) is 4.93. The molecule has 0 unspecified atom stereocenters. The molecule has 1 aliphatic rings. The molecule has 1 aliphatic heterocycles. The van der Waals surface area contributed by atoms with Crippen molar-refractivity contribution < 1.29 is 13.2 Å². The van der Waals surface area contributed by atoms with Gasteiger partial charge in [-0.25, -0.2) is 15.0 Å². The number of benzene rings is 2. The van der Waals surface area contributed by atoms with Crippen LogP contribution in [0.5, 0.6) is 0 Å². The molecule has 0 bridgehead atoms. The molecule has 10 heteroatoms. The molecule has 5 rings (SSSR count).